The number of ether oxygens (including phenoxy) is 3. The highest BCUT2D eigenvalue weighted by atomic mass is 16.5. The zero-order chi connectivity index (χ0) is 18.4. The van der Waals surface area contributed by atoms with Crippen LogP contribution in [-0.2, 0) is 14.3 Å². The minimum Gasteiger partial charge on any atom is -0.494 e. The summed E-state index contributed by atoms with van der Waals surface area (Å²) in [5.41, 5.74) is 0.608. The Morgan fingerprint density at radius 1 is 0.962 bits per heavy atom. The Labute approximate surface area is 152 Å². The van der Waals surface area contributed by atoms with Gasteiger partial charge in [-0.15, -0.1) is 0 Å². The van der Waals surface area contributed by atoms with Crippen molar-refractivity contribution >= 4 is 17.6 Å². The van der Waals surface area contributed by atoms with Crippen LogP contribution in [-0.4, -0.2) is 25.1 Å². The van der Waals surface area contributed by atoms with Gasteiger partial charge in [-0.1, -0.05) is 0 Å². The molecule has 1 aliphatic carbocycles. The van der Waals surface area contributed by atoms with Crippen LogP contribution >= 0.6 is 0 Å². The fraction of sp³-hybridized carbons (Fsp3) is 0.300. The molecule has 6 nitrogen and oxygen atoms in total. The largest absolute Gasteiger partial charge is 0.494 e. The third-order valence-corrected chi connectivity index (χ3v) is 3.76. The van der Waals surface area contributed by atoms with E-state index in [4.69, 9.17) is 14.2 Å². The predicted molar refractivity (Wildman–Crippen MR) is 96.4 cm³/mol. The van der Waals surface area contributed by atoms with E-state index in [2.05, 4.69) is 5.32 Å². The van der Waals surface area contributed by atoms with Gasteiger partial charge in [0.1, 0.15) is 17.2 Å². The number of anilines is 1. The second-order valence-electron chi connectivity index (χ2n) is 5.96. The van der Waals surface area contributed by atoms with E-state index < -0.39 is 0 Å². The van der Waals surface area contributed by atoms with Crippen LogP contribution in [0, 0.1) is 5.92 Å². The van der Waals surface area contributed by atoms with Gasteiger partial charge >= 0.3 is 5.97 Å². The molecular weight excluding hydrogens is 334 g/mol. The van der Waals surface area contributed by atoms with E-state index in [1.165, 1.54) is 0 Å². The molecule has 0 aromatic heterocycles. The molecule has 1 saturated carbocycles. The van der Waals surface area contributed by atoms with Crippen molar-refractivity contribution in [3.63, 3.8) is 0 Å². The highest BCUT2D eigenvalue weighted by Crippen LogP contribution is 2.30. The SMILES string of the molecule is CCOc1ccc(Oc2ccc(NC(=O)COC(=O)C3CC3)cc2)cc1. The number of nitrogens with one attached hydrogen (secondary N) is 1. The maximum Gasteiger partial charge on any atom is 0.309 e. The van der Waals surface area contributed by atoms with Crippen LogP contribution in [0.2, 0.25) is 0 Å². The van der Waals surface area contributed by atoms with Crippen LogP contribution < -0.4 is 14.8 Å². The number of benzene rings is 2. The molecule has 3 rings (SSSR count). The van der Waals surface area contributed by atoms with Gasteiger partial charge in [-0.05, 0) is 68.3 Å². The van der Waals surface area contributed by atoms with Gasteiger partial charge in [0.05, 0.1) is 12.5 Å². The Morgan fingerprint density at radius 3 is 2.12 bits per heavy atom. The summed E-state index contributed by atoms with van der Waals surface area (Å²) in [5.74, 6) is 1.46. The second-order valence-corrected chi connectivity index (χ2v) is 5.96. The lowest BCUT2D eigenvalue weighted by molar-refractivity contribution is -0.148. The Morgan fingerprint density at radius 2 is 1.54 bits per heavy atom. The van der Waals surface area contributed by atoms with Crippen LogP contribution in [0.1, 0.15) is 19.8 Å². The van der Waals surface area contributed by atoms with Crippen LogP contribution in [0.25, 0.3) is 0 Å². The van der Waals surface area contributed by atoms with Gasteiger partial charge in [-0.3, -0.25) is 9.59 Å². The van der Waals surface area contributed by atoms with Crippen LogP contribution in [0.5, 0.6) is 17.2 Å². The molecule has 136 valence electrons. The second kappa shape index (κ2) is 8.38. The number of carbonyl (C=O) groups excluding carboxylic acids is 2. The summed E-state index contributed by atoms with van der Waals surface area (Å²) in [6, 6.07) is 14.3. The van der Waals surface area contributed by atoms with Gasteiger partial charge < -0.3 is 19.5 Å². The molecule has 2 aromatic rings. The molecule has 0 unspecified atom stereocenters. The molecular formula is C20H21NO5. The van der Waals surface area contributed by atoms with Crippen molar-refractivity contribution in [3.8, 4) is 17.2 Å². The molecule has 0 saturated heterocycles. The van der Waals surface area contributed by atoms with Crippen LogP contribution in [0.4, 0.5) is 5.69 Å². The Balaban J connectivity index is 1.47. The molecule has 2 aromatic carbocycles. The van der Waals surface area contributed by atoms with Gasteiger partial charge in [0, 0.05) is 5.69 Å². The third kappa shape index (κ3) is 5.24. The zero-order valence-electron chi connectivity index (χ0n) is 14.6. The number of amides is 1. The predicted octanol–water partition coefficient (Wildman–Crippen LogP) is 3.77. The first-order valence-corrected chi connectivity index (χ1v) is 8.61. The highest BCUT2D eigenvalue weighted by molar-refractivity contribution is 5.93. The standard InChI is InChI=1S/C20H21NO5/c1-2-24-16-9-11-18(12-10-16)26-17-7-5-15(6-8-17)21-19(22)13-25-20(23)14-3-4-14/h5-12,14H,2-4,13H2,1H3,(H,21,22). The molecule has 6 heteroatoms. The average molecular weight is 355 g/mol. The van der Waals surface area contributed by atoms with E-state index in [9.17, 15) is 9.59 Å². The Hall–Kier alpha value is -3.02. The van der Waals surface area contributed by atoms with Crippen LogP contribution in [0.15, 0.2) is 48.5 Å². The van der Waals surface area contributed by atoms with Crippen molar-refractivity contribution in [1.29, 1.82) is 0 Å². The third-order valence-electron chi connectivity index (χ3n) is 3.76. The van der Waals surface area contributed by atoms with Crippen molar-refractivity contribution in [3.05, 3.63) is 48.5 Å². The van der Waals surface area contributed by atoms with Crippen molar-refractivity contribution in [2.45, 2.75) is 19.8 Å². The quantitative estimate of drug-likeness (QED) is 0.730. The summed E-state index contributed by atoms with van der Waals surface area (Å²) in [6.07, 6.45) is 1.71. The Kier molecular flexibility index (Phi) is 5.73. The minimum absolute atomic E-state index is 0.0122. The maximum atomic E-state index is 11.8. The normalized spacial score (nSPS) is 13.0. The molecule has 0 heterocycles. The van der Waals surface area contributed by atoms with Crippen molar-refractivity contribution < 1.29 is 23.8 Å². The van der Waals surface area contributed by atoms with Gasteiger partial charge in [0.15, 0.2) is 6.61 Å². The topological polar surface area (TPSA) is 73.9 Å². The first kappa shape index (κ1) is 17.8. The van der Waals surface area contributed by atoms with E-state index >= 15 is 0 Å². The van der Waals surface area contributed by atoms with Crippen LogP contribution in [0.3, 0.4) is 0 Å². The monoisotopic (exact) mass is 355 g/mol. The smallest absolute Gasteiger partial charge is 0.309 e. The summed E-state index contributed by atoms with van der Waals surface area (Å²) in [4.78, 5) is 23.2. The Bertz CT molecular complexity index is 751. The number of hydrogen-bond acceptors (Lipinski definition) is 5. The number of hydrogen-bond donors (Lipinski definition) is 1. The first-order chi connectivity index (χ1) is 12.6. The molecule has 1 N–H and O–H groups in total. The number of esters is 1. The molecule has 1 fully saturated rings. The molecule has 0 radical (unpaired) electrons. The van der Waals surface area contributed by atoms with Crippen molar-refractivity contribution in [1.82, 2.24) is 0 Å². The molecule has 0 aliphatic heterocycles. The summed E-state index contributed by atoms with van der Waals surface area (Å²) in [5, 5.41) is 2.68. The van der Waals surface area contributed by atoms with E-state index in [0.29, 0.717) is 23.8 Å². The summed E-state index contributed by atoms with van der Waals surface area (Å²) >= 11 is 0. The molecule has 1 aliphatic rings. The van der Waals surface area contributed by atoms with Crippen molar-refractivity contribution in [2.24, 2.45) is 5.92 Å². The van der Waals surface area contributed by atoms with E-state index in [-0.39, 0.29) is 24.4 Å². The minimum atomic E-state index is -0.362. The van der Waals surface area contributed by atoms with Gasteiger partial charge in [-0.2, -0.15) is 0 Å². The van der Waals surface area contributed by atoms with E-state index in [1.54, 1.807) is 24.3 Å². The first-order valence-electron chi connectivity index (χ1n) is 8.61. The van der Waals surface area contributed by atoms with Crippen molar-refractivity contribution in [2.75, 3.05) is 18.5 Å². The lowest BCUT2D eigenvalue weighted by Gasteiger charge is -2.09. The fourth-order valence-corrected chi connectivity index (χ4v) is 2.28. The van der Waals surface area contributed by atoms with E-state index in [1.807, 2.05) is 31.2 Å². The maximum absolute atomic E-state index is 11.8. The molecule has 26 heavy (non-hydrogen) atoms. The number of carbonyl (C=O) groups is 2. The van der Waals surface area contributed by atoms with Gasteiger partial charge in [-0.25, -0.2) is 0 Å². The summed E-state index contributed by atoms with van der Waals surface area (Å²) in [6.45, 7) is 2.29. The average Bonchev–Trinajstić information content (AvgIpc) is 3.48. The number of rotatable bonds is 8. The molecule has 0 spiro atoms. The summed E-state index contributed by atoms with van der Waals surface area (Å²) < 4.78 is 16.1. The fourth-order valence-electron chi connectivity index (χ4n) is 2.28. The van der Waals surface area contributed by atoms with E-state index in [0.717, 1.165) is 18.6 Å². The summed E-state index contributed by atoms with van der Waals surface area (Å²) in [7, 11) is 0. The lowest BCUT2D eigenvalue weighted by Crippen LogP contribution is -2.21. The zero-order valence-corrected chi connectivity index (χ0v) is 14.6. The highest BCUT2D eigenvalue weighted by Gasteiger charge is 2.31. The molecule has 0 bridgehead atoms. The molecule has 1 amide bonds. The molecule has 0 atom stereocenters. The lowest BCUT2D eigenvalue weighted by atomic mass is 10.3. The van der Waals surface area contributed by atoms with Gasteiger partial charge in [0.25, 0.3) is 5.91 Å². The van der Waals surface area contributed by atoms with Gasteiger partial charge in [0.2, 0.25) is 0 Å².